The van der Waals surface area contributed by atoms with E-state index in [-0.39, 0.29) is 11.3 Å². The molecule has 0 bridgehead atoms. The number of hydrogen-bond acceptors (Lipinski definition) is 1. The predicted molar refractivity (Wildman–Crippen MR) is 61.9 cm³/mol. The predicted octanol–water partition coefficient (Wildman–Crippen LogP) is 4.12. The monoisotopic (exact) mass is 238 g/mol. The molecule has 0 aromatic heterocycles. The molecule has 1 aromatic rings. The van der Waals surface area contributed by atoms with Gasteiger partial charge in [0.15, 0.2) is 5.78 Å². The summed E-state index contributed by atoms with van der Waals surface area (Å²) in [6.45, 7) is 1.92. The summed E-state index contributed by atoms with van der Waals surface area (Å²) in [5, 5.41) is 0. The molecule has 0 heterocycles. The van der Waals surface area contributed by atoms with Crippen molar-refractivity contribution in [1.29, 1.82) is 0 Å². The molecule has 0 saturated heterocycles. The lowest BCUT2D eigenvalue weighted by Crippen LogP contribution is -2.29. The van der Waals surface area contributed by atoms with Crippen LogP contribution < -0.4 is 0 Å². The van der Waals surface area contributed by atoms with Gasteiger partial charge in [0.05, 0.1) is 5.56 Å². The summed E-state index contributed by atoms with van der Waals surface area (Å²) in [5.74, 6) is -1.84. The first-order valence-electron chi connectivity index (χ1n) is 6.09. The molecule has 3 heteroatoms. The fraction of sp³-hybridized carbons (Fsp3) is 0.500. The fourth-order valence-electron chi connectivity index (χ4n) is 2.77. The molecule has 92 valence electrons. The molecule has 0 spiro atoms. The summed E-state index contributed by atoms with van der Waals surface area (Å²) in [5.41, 5.74) is -0.889. The van der Waals surface area contributed by atoms with Crippen molar-refractivity contribution in [1.82, 2.24) is 0 Å². The van der Waals surface area contributed by atoms with Crippen molar-refractivity contribution in [2.24, 2.45) is 5.41 Å². The molecule has 1 aromatic carbocycles. The van der Waals surface area contributed by atoms with E-state index in [0.717, 1.165) is 37.8 Å². The Labute approximate surface area is 99.8 Å². The molecule has 2 rings (SSSR count). The second-order valence-electron chi connectivity index (χ2n) is 4.77. The van der Waals surface area contributed by atoms with Gasteiger partial charge in [-0.1, -0.05) is 25.8 Å². The van der Waals surface area contributed by atoms with Crippen LogP contribution in [0.4, 0.5) is 8.78 Å². The molecule has 1 nitrogen and oxygen atoms in total. The summed E-state index contributed by atoms with van der Waals surface area (Å²) in [6.07, 6.45) is 4.08. The van der Waals surface area contributed by atoms with Crippen molar-refractivity contribution in [3.05, 3.63) is 35.4 Å². The van der Waals surface area contributed by atoms with E-state index >= 15 is 0 Å². The number of carbonyl (C=O) groups is 1. The van der Waals surface area contributed by atoms with E-state index < -0.39 is 17.0 Å². The van der Waals surface area contributed by atoms with Crippen molar-refractivity contribution in [2.45, 2.75) is 39.0 Å². The minimum atomic E-state index is -0.741. The molecular weight excluding hydrogens is 222 g/mol. The Morgan fingerprint density at radius 3 is 2.24 bits per heavy atom. The van der Waals surface area contributed by atoms with Gasteiger partial charge in [-0.3, -0.25) is 4.79 Å². The van der Waals surface area contributed by atoms with Gasteiger partial charge >= 0.3 is 0 Å². The maximum absolute atomic E-state index is 13.6. The first-order valence-corrected chi connectivity index (χ1v) is 6.09. The highest BCUT2D eigenvalue weighted by Crippen LogP contribution is 2.44. The molecule has 0 radical (unpaired) electrons. The number of rotatable bonds is 3. The first-order chi connectivity index (χ1) is 8.10. The average Bonchev–Trinajstić information content (AvgIpc) is 2.78. The number of Topliss-reactive ketones (excluding diaryl/α,β-unsaturated/α-hetero) is 1. The van der Waals surface area contributed by atoms with E-state index in [1.807, 2.05) is 6.92 Å². The van der Waals surface area contributed by atoms with Crippen molar-refractivity contribution in [3.8, 4) is 0 Å². The molecule has 0 amide bonds. The number of benzene rings is 1. The third-order valence-corrected chi connectivity index (χ3v) is 3.91. The summed E-state index contributed by atoms with van der Waals surface area (Å²) < 4.78 is 27.2. The summed E-state index contributed by atoms with van der Waals surface area (Å²) in [7, 11) is 0. The zero-order valence-electron chi connectivity index (χ0n) is 9.93. The standard InChI is InChI=1S/C14H16F2O/c1-2-14(8-3-4-9-14)13(17)12-10(15)6-5-7-11(12)16/h5-7H,2-4,8-9H2,1H3. The molecule has 0 atom stereocenters. The lowest BCUT2D eigenvalue weighted by atomic mass is 9.76. The largest absolute Gasteiger partial charge is 0.293 e. The Morgan fingerprint density at radius 2 is 1.76 bits per heavy atom. The second kappa shape index (κ2) is 4.55. The lowest BCUT2D eigenvalue weighted by molar-refractivity contribution is 0.0781. The van der Waals surface area contributed by atoms with E-state index in [9.17, 15) is 13.6 Å². The Morgan fingerprint density at radius 1 is 1.24 bits per heavy atom. The summed E-state index contributed by atoms with van der Waals surface area (Å²) in [6, 6.07) is 3.58. The second-order valence-corrected chi connectivity index (χ2v) is 4.77. The fourth-order valence-corrected chi connectivity index (χ4v) is 2.77. The quantitative estimate of drug-likeness (QED) is 0.724. The SMILES string of the molecule is CCC1(C(=O)c2c(F)cccc2F)CCCC1. The number of carbonyl (C=O) groups excluding carboxylic acids is 1. The number of ketones is 1. The molecule has 1 aliphatic rings. The van der Waals surface area contributed by atoms with Crippen LogP contribution in [-0.4, -0.2) is 5.78 Å². The van der Waals surface area contributed by atoms with Crippen molar-refractivity contribution >= 4 is 5.78 Å². The van der Waals surface area contributed by atoms with E-state index in [2.05, 4.69) is 0 Å². The van der Waals surface area contributed by atoms with Crippen LogP contribution in [-0.2, 0) is 0 Å². The summed E-state index contributed by atoms with van der Waals surface area (Å²) in [4.78, 5) is 12.4. The smallest absolute Gasteiger partial charge is 0.174 e. The van der Waals surface area contributed by atoms with Gasteiger partial charge in [0, 0.05) is 5.41 Å². The Hall–Kier alpha value is -1.25. The highest BCUT2D eigenvalue weighted by molar-refractivity contribution is 6.01. The zero-order chi connectivity index (χ0) is 12.5. The molecule has 0 N–H and O–H groups in total. The van der Waals surface area contributed by atoms with Crippen LogP contribution in [0.5, 0.6) is 0 Å². The van der Waals surface area contributed by atoms with Crippen LogP contribution in [0, 0.1) is 17.0 Å². The topological polar surface area (TPSA) is 17.1 Å². The van der Waals surface area contributed by atoms with Gasteiger partial charge in [-0.05, 0) is 31.4 Å². The molecule has 17 heavy (non-hydrogen) atoms. The maximum atomic E-state index is 13.6. The average molecular weight is 238 g/mol. The molecule has 1 fully saturated rings. The van der Waals surface area contributed by atoms with Crippen LogP contribution in [0.25, 0.3) is 0 Å². The van der Waals surface area contributed by atoms with Gasteiger partial charge < -0.3 is 0 Å². The Kier molecular flexibility index (Phi) is 3.27. The third kappa shape index (κ3) is 1.99. The molecule has 0 aliphatic heterocycles. The zero-order valence-corrected chi connectivity index (χ0v) is 9.93. The van der Waals surface area contributed by atoms with E-state index in [0.29, 0.717) is 6.42 Å². The first kappa shape index (κ1) is 12.2. The van der Waals surface area contributed by atoms with E-state index in [4.69, 9.17) is 0 Å². The summed E-state index contributed by atoms with van der Waals surface area (Å²) >= 11 is 0. The van der Waals surface area contributed by atoms with E-state index in [1.54, 1.807) is 0 Å². The van der Waals surface area contributed by atoms with Crippen LogP contribution >= 0.6 is 0 Å². The van der Waals surface area contributed by atoms with Gasteiger partial charge in [0.2, 0.25) is 0 Å². The molecule has 1 saturated carbocycles. The van der Waals surface area contributed by atoms with Crippen LogP contribution in [0.2, 0.25) is 0 Å². The minimum Gasteiger partial charge on any atom is -0.293 e. The highest BCUT2D eigenvalue weighted by Gasteiger charge is 2.41. The number of hydrogen-bond donors (Lipinski definition) is 0. The van der Waals surface area contributed by atoms with Gasteiger partial charge in [0.25, 0.3) is 0 Å². The normalized spacial score (nSPS) is 18.3. The van der Waals surface area contributed by atoms with Crippen LogP contribution in [0.15, 0.2) is 18.2 Å². The van der Waals surface area contributed by atoms with Crippen molar-refractivity contribution in [3.63, 3.8) is 0 Å². The minimum absolute atomic E-state index is 0.351. The maximum Gasteiger partial charge on any atom is 0.174 e. The van der Waals surface area contributed by atoms with Gasteiger partial charge in [-0.25, -0.2) is 8.78 Å². The van der Waals surface area contributed by atoms with Crippen molar-refractivity contribution < 1.29 is 13.6 Å². The highest BCUT2D eigenvalue weighted by atomic mass is 19.1. The van der Waals surface area contributed by atoms with Crippen LogP contribution in [0.3, 0.4) is 0 Å². The lowest BCUT2D eigenvalue weighted by Gasteiger charge is -2.26. The molecular formula is C14H16F2O. The van der Waals surface area contributed by atoms with Crippen molar-refractivity contribution in [2.75, 3.05) is 0 Å². The third-order valence-electron chi connectivity index (χ3n) is 3.91. The molecule has 1 aliphatic carbocycles. The Balaban J connectivity index is 2.43. The Bertz CT molecular complexity index is 414. The van der Waals surface area contributed by atoms with Crippen LogP contribution in [0.1, 0.15) is 49.4 Å². The van der Waals surface area contributed by atoms with Gasteiger partial charge in [-0.2, -0.15) is 0 Å². The number of halogens is 2. The van der Waals surface area contributed by atoms with E-state index in [1.165, 1.54) is 6.07 Å². The molecule has 0 unspecified atom stereocenters. The van der Waals surface area contributed by atoms with Gasteiger partial charge in [-0.15, -0.1) is 0 Å². The van der Waals surface area contributed by atoms with Gasteiger partial charge in [0.1, 0.15) is 11.6 Å².